The second kappa shape index (κ2) is 28.7. The van der Waals surface area contributed by atoms with Crippen molar-refractivity contribution in [2.24, 2.45) is 17.8 Å². The van der Waals surface area contributed by atoms with Crippen LogP contribution in [0, 0.1) is 17.8 Å². The van der Waals surface area contributed by atoms with Gasteiger partial charge in [0.25, 0.3) is 0 Å². The fourth-order valence-electron chi connectivity index (χ4n) is 7.08. The van der Waals surface area contributed by atoms with Gasteiger partial charge in [-0.1, -0.05) is 106 Å². The molecule has 0 bridgehead atoms. The van der Waals surface area contributed by atoms with E-state index in [1.54, 1.807) is 13.8 Å². The Morgan fingerprint density at radius 1 is 0.583 bits per heavy atom. The van der Waals surface area contributed by atoms with Gasteiger partial charge in [0, 0.05) is 37.5 Å². The van der Waals surface area contributed by atoms with Crippen molar-refractivity contribution in [2.75, 3.05) is 0 Å². The maximum atomic E-state index is 12.6. The molecular formula is C47H76O13. The number of rotatable bonds is 2. The highest BCUT2D eigenvalue weighted by Crippen LogP contribution is 2.27. The SMILES string of the molecule is CC1CCC(OC2CCC(O)C(C)O2)/C=C/C=C/C=C/C=C/C=C/C=C/C=C/[C@H](C)C(O)[C@@H](C)[C@H](C)OC(=O)CC(O)CC(O)CCC(O)C(O)CC(O)CC(O)(O)CC1. The summed E-state index contributed by atoms with van der Waals surface area (Å²) < 4.78 is 17.6. The zero-order valence-corrected chi connectivity index (χ0v) is 36.3. The summed E-state index contributed by atoms with van der Waals surface area (Å²) in [6, 6.07) is 0. The zero-order chi connectivity index (χ0) is 44.7. The van der Waals surface area contributed by atoms with Crippen LogP contribution >= 0.6 is 0 Å². The molecule has 2 rings (SSSR count). The van der Waals surface area contributed by atoms with E-state index in [0.717, 1.165) is 0 Å². The van der Waals surface area contributed by atoms with Gasteiger partial charge in [-0.25, -0.2) is 0 Å². The maximum Gasteiger partial charge on any atom is 0.308 e. The third-order valence-corrected chi connectivity index (χ3v) is 11.3. The number of hydrogen-bond donors (Lipinski definition) is 9. The topological polar surface area (TPSA) is 227 Å². The predicted octanol–water partition coefficient (Wildman–Crippen LogP) is 4.75. The molecule has 14 atom stereocenters. The van der Waals surface area contributed by atoms with Crippen molar-refractivity contribution in [3.8, 4) is 0 Å². The molecule has 2 aliphatic heterocycles. The average Bonchev–Trinajstić information content (AvgIpc) is 3.17. The van der Waals surface area contributed by atoms with Gasteiger partial charge in [-0.3, -0.25) is 4.79 Å². The van der Waals surface area contributed by atoms with Crippen LogP contribution in [0.4, 0.5) is 0 Å². The molecule has 9 N–H and O–H groups in total. The number of esters is 1. The molecule has 2 aliphatic rings. The van der Waals surface area contributed by atoms with Gasteiger partial charge in [0.15, 0.2) is 12.1 Å². The first-order valence-electron chi connectivity index (χ1n) is 21.8. The van der Waals surface area contributed by atoms with Crippen LogP contribution in [0.2, 0.25) is 0 Å². The number of aliphatic hydroxyl groups excluding tert-OH is 7. The van der Waals surface area contributed by atoms with Crippen LogP contribution in [-0.2, 0) is 19.0 Å². The van der Waals surface area contributed by atoms with Crippen molar-refractivity contribution in [3.63, 3.8) is 0 Å². The molecule has 11 unspecified atom stereocenters. The summed E-state index contributed by atoms with van der Waals surface area (Å²) in [5.74, 6) is -3.48. The van der Waals surface area contributed by atoms with Crippen molar-refractivity contribution in [1.29, 1.82) is 0 Å². The monoisotopic (exact) mass is 849 g/mol. The lowest BCUT2D eigenvalue weighted by atomic mass is 9.89. The van der Waals surface area contributed by atoms with Gasteiger partial charge in [0.1, 0.15) is 6.10 Å². The Balaban J connectivity index is 2.13. The molecule has 1 fully saturated rings. The number of hydrogen-bond acceptors (Lipinski definition) is 13. The molecule has 1 saturated heterocycles. The van der Waals surface area contributed by atoms with Crippen LogP contribution in [0.5, 0.6) is 0 Å². The molecule has 0 aromatic rings. The fraction of sp³-hybridized carbons (Fsp3) is 0.681. The average molecular weight is 849 g/mol. The molecule has 0 radical (unpaired) electrons. The molecular weight excluding hydrogens is 773 g/mol. The Morgan fingerprint density at radius 3 is 1.75 bits per heavy atom. The van der Waals surface area contributed by atoms with Gasteiger partial charge >= 0.3 is 5.97 Å². The first-order chi connectivity index (χ1) is 28.4. The zero-order valence-electron chi connectivity index (χ0n) is 36.3. The standard InChI is InChI=1S/C47H76O13/c1-32-20-22-40(60-45-25-24-41(51)36(5)59-45)19-17-15-13-11-9-7-6-8-10-12-14-16-18-33(2)46(55)34(3)35(4)58-44(54)30-38(49)28-37(48)21-23-42(52)43(53)29-39(50)31-47(56,57)27-26-32/h6-19,32-43,45-46,48-53,55-57H,20-31H2,1-5H3/b7-6+,10-8+,11-9+,14-12+,15-13+,18-16+,19-17+/t32?,33-,34-,35-,36?,37?,38?,39?,40?,41?,42?,43?,45?,46?/m0/s1. The Bertz CT molecular complexity index is 1400. The Hall–Kier alpha value is -2.79. The number of ether oxygens (including phenoxy) is 3. The molecule has 13 heteroatoms. The van der Waals surface area contributed by atoms with Crippen molar-refractivity contribution in [2.45, 2.75) is 185 Å². The van der Waals surface area contributed by atoms with Gasteiger partial charge in [-0.2, -0.15) is 0 Å². The largest absolute Gasteiger partial charge is 0.462 e. The van der Waals surface area contributed by atoms with Crippen LogP contribution in [0.15, 0.2) is 85.1 Å². The third kappa shape index (κ3) is 22.9. The lowest BCUT2D eigenvalue weighted by Crippen LogP contribution is -2.39. The minimum absolute atomic E-state index is 0.0124. The molecule has 0 amide bonds. The van der Waals surface area contributed by atoms with E-state index in [9.17, 15) is 50.8 Å². The molecule has 13 nitrogen and oxygen atoms in total. The van der Waals surface area contributed by atoms with E-state index in [-0.39, 0.29) is 62.6 Å². The number of carbonyl (C=O) groups excluding carboxylic acids is 1. The van der Waals surface area contributed by atoms with Gasteiger partial charge in [-0.05, 0) is 64.7 Å². The van der Waals surface area contributed by atoms with E-state index >= 15 is 0 Å². The Morgan fingerprint density at radius 2 is 1.15 bits per heavy atom. The Kier molecular flexibility index (Phi) is 25.6. The molecule has 2 heterocycles. The van der Waals surface area contributed by atoms with E-state index in [2.05, 4.69) is 0 Å². The summed E-state index contributed by atoms with van der Waals surface area (Å²) in [5, 5.41) is 94.8. The van der Waals surface area contributed by atoms with Gasteiger partial charge in [-0.15, -0.1) is 0 Å². The van der Waals surface area contributed by atoms with E-state index in [1.165, 1.54) is 0 Å². The molecule has 0 aromatic heterocycles. The summed E-state index contributed by atoms with van der Waals surface area (Å²) in [6.07, 6.45) is 18.4. The van der Waals surface area contributed by atoms with Crippen molar-refractivity contribution < 1.29 is 65.0 Å². The number of aliphatic hydroxyl groups is 9. The summed E-state index contributed by atoms with van der Waals surface area (Å²) in [7, 11) is 0. The summed E-state index contributed by atoms with van der Waals surface area (Å²) in [4.78, 5) is 12.6. The second-order valence-electron chi connectivity index (χ2n) is 16.9. The summed E-state index contributed by atoms with van der Waals surface area (Å²) >= 11 is 0. The first kappa shape index (κ1) is 53.3. The normalized spacial score (nSPS) is 41.3. The number of cyclic esters (lactones) is 1. The third-order valence-electron chi connectivity index (χ3n) is 11.3. The smallest absolute Gasteiger partial charge is 0.308 e. The lowest BCUT2D eigenvalue weighted by Gasteiger charge is -2.33. The van der Waals surface area contributed by atoms with E-state index in [0.29, 0.717) is 32.1 Å². The highest BCUT2D eigenvalue weighted by Gasteiger charge is 2.32. The van der Waals surface area contributed by atoms with Crippen LogP contribution < -0.4 is 0 Å². The first-order valence-corrected chi connectivity index (χ1v) is 21.8. The molecule has 0 aromatic carbocycles. The highest BCUT2D eigenvalue weighted by atomic mass is 16.7. The highest BCUT2D eigenvalue weighted by molar-refractivity contribution is 5.70. The summed E-state index contributed by atoms with van der Waals surface area (Å²) in [6.45, 7) is 9.12. The van der Waals surface area contributed by atoms with Crippen molar-refractivity contribution >= 4 is 5.97 Å². The van der Waals surface area contributed by atoms with Crippen LogP contribution in [0.1, 0.15) is 112 Å². The quantitative estimate of drug-likeness (QED) is 0.135. The number of allylic oxidation sites excluding steroid dienone is 12. The van der Waals surface area contributed by atoms with Gasteiger partial charge in [0.05, 0.1) is 61.4 Å². The molecule has 0 saturated carbocycles. The fourth-order valence-corrected chi connectivity index (χ4v) is 7.08. The summed E-state index contributed by atoms with van der Waals surface area (Å²) in [5.41, 5.74) is 0. The van der Waals surface area contributed by atoms with Gasteiger partial charge < -0.3 is 60.2 Å². The predicted molar refractivity (Wildman–Crippen MR) is 231 cm³/mol. The molecule has 342 valence electrons. The molecule has 0 aliphatic carbocycles. The van der Waals surface area contributed by atoms with Gasteiger partial charge in [0.2, 0.25) is 0 Å². The van der Waals surface area contributed by atoms with Crippen molar-refractivity contribution in [1.82, 2.24) is 0 Å². The maximum absolute atomic E-state index is 12.6. The van der Waals surface area contributed by atoms with E-state index < -0.39 is 79.2 Å². The minimum Gasteiger partial charge on any atom is -0.462 e. The second-order valence-corrected chi connectivity index (χ2v) is 16.9. The lowest BCUT2D eigenvalue weighted by molar-refractivity contribution is -0.228. The van der Waals surface area contributed by atoms with Crippen LogP contribution in [-0.4, -0.2) is 125 Å². The van der Waals surface area contributed by atoms with Crippen molar-refractivity contribution in [3.05, 3.63) is 85.1 Å². The Labute approximate surface area is 357 Å². The van der Waals surface area contributed by atoms with Crippen LogP contribution in [0.25, 0.3) is 0 Å². The van der Waals surface area contributed by atoms with E-state index in [1.807, 2.05) is 106 Å². The molecule has 0 spiro atoms. The minimum atomic E-state index is -2.21. The number of carbonyl (C=O) groups is 1. The molecule has 60 heavy (non-hydrogen) atoms. The van der Waals surface area contributed by atoms with Crippen LogP contribution in [0.3, 0.4) is 0 Å². The van der Waals surface area contributed by atoms with E-state index in [4.69, 9.17) is 14.2 Å².